The lowest BCUT2D eigenvalue weighted by Gasteiger charge is -2.17. The van der Waals surface area contributed by atoms with Crippen LogP contribution in [-0.2, 0) is 6.42 Å². The monoisotopic (exact) mass is 288 g/mol. The Balaban J connectivity index is 1.74. The van der Waals surface area contributed by atoms with Gasteiger partial charge in [0.15, 0.2) is 5.65 Å². The molecular formula is C15H20N4S. The third-order valence-corrected chi connectivity index (χ3v) is 5.66. The first-order chi connectivity index (χ1) is 9.92. The molecule has 0 amide bonds. The van der Waals surface area contributed by atoms with Gasteiger partial charge in [-0.3, -0.25) is 4.57 Å². The largest absolute Gasteiger partial charge is 0.314 e. The maximum absolute atomic E-state index is 4.87. The number of imidazole rings is 1. The Kier molecular flexibility index (Phi) is 3.40. The molecule has 4 heterocycles. The zero-order chi connectivity index (χ0) is 13.4. The Morgan fingerprint density at radius 1 is 1.35 bits per heavy atom. The second-order valence-electron chi connectivity index (χ2n) is 5.71. The number of aromatic nitrogens is 3. The fourth-order valence-electron chi connectivity index (χ4n) is 3.34. The summed E-state index contributed by atoms with van der Waals surface area (Å²) in [4.78, 5) is 9.46. The van der Waals surface area contributed by atoms with Crippen molar-refractivity contribution in [1.29, 1.82) is 0 Å². The molecule has 2 saturated heterocycles. The van der Waals surface area contributed by atoms with E-state index in [9.17, 15) is 0 Å². The van der Waals surface area contributed by atoms with Crippen molar-refractivity contribution in [1.82, 2.24) is 19.9 Å². The molecule has 0 radical (unpaired) electrons. The van der Waals surface area contributed by atoms with Crippen molar-refractivity contribution in [3.8, 4) is 0 Å². The standard InChI is InChI=1S/C15H20N4S/c1-4-11(16-7-1)10-13-18-12-5-2-8-17-15(12)19(13)14-6-3-9-20-14/h2,5,8,11,14,16H,1,3-4,6-7,9-10H2. The number of rotatable bonds is 3. The first-order valence-electron chi connectivity index (χ1n) is 7.58. The highest BCUT2D eigenvalue weighted by atomic mass is 32.2. The SMILES string of the molecule is c1cnc2c(c1)nc(CC1CCCN1)n2C1CCCS1. The summed E-state index contributed by atoms with van der Waals surface area (Å²) in [6.07, 6.45) is 8.04. The van der Waals surface area contributed by atoms with Crippen LogP contribution in [0.1, 0.15) is 36.9 Å². The van der Waals surface area contributed by atoms with Gasteiger partial charge < -0.3 is 5.32 Å². The lowest BCUT2D eigenvalue weighted by atomic mass is 10.1. The molecule has 1 N–H and O–H groups in total. The Labute approximate surface area is 123 Å². The van der Waals surface area contributed by atoms with Gasteiger partial charge in [-0.15, -0.1) is 11.8 Å². The molecule has 2 aromatic rings. The molecule has 2 atom stereocenters. The molecule has 2 aromatic heterocycles. The van der Waals surface area contributed by atoms with Crippen LogP contribution in [0.3, 0.4) is 0 Å². The highest BCUT2D eigenvalue weighted by Crippen LogP contribution is 2.38. The summed E-state index contributed by atoms with van der Waals surface area (Å²) in [5, 5.41) is 4.12. The normalized spacial score (nSPS) is 26.6. The van der Waals surface area contributed by atoms with E-state index < -0.39 is 0 Å². The van der Waals surface area contributed by atoms with Gasteiger partial charge in [-0.1, -0.05) is 0 Å². The number of hydrogen-bond acceptors (Lipinski definition) is 4. The number of nitrogens with one attached hydrogen (secondary N) is 1. The molecule has 5 heteroatoms. The quantitative estimate of drug-likeness (QED) is 0.943. The summed E-state index contributed by atoms with van der Waals surface area (Å²) < 4.78 is 2.41. The Morgan fingerprint density at radius 2 is 2.35 bits per heavy atom. The maximum atomic E-state index is 4.87. The van der Waals surface area contributed by atoms with E-state index in [-0.39, 0.29) is 0 Å². The van der Waals surface area contributed by atoms with E-state index in [2.05, 4.69) is 20.9 Å². The summed E-state index contributed by atoms with van der Waals surface area (Å²) in [7, 11) is 0. The molecule has 2 aliphatic heterocycles. The molecule has 20 heavy (non-hydrogen) atoms. The van der Waals surface area contributed by atoms with Crippen LogP contribution in [0.5, 0.6) is 0 Å². The molecule has 4 nitrogen and oxygen atoms in total. The Hall–Kier alpha value is -1.07. The minimum atomic E-state index is 0.534. The van der Waals surface area contributed by atoms with Crippen molar-refractivity contribution in [2.45, 2.75) is 43.5 Å². The third kappa shape index (κ3) is 2.23. The zero-order valence-electron chi connectivity index (χ0n) is 11.6. The van der Waals surface area contributed by atoms with Gasteiger partial charge in [-0.05, 0) is 50.1 Å². The van der Waals surface area contributed by atoms with Gasteiger partial charge in [0.25, 0.3) is 0 Å². The molecular weight excluding hydrogens is 268 g/mol. The fourth-order valence-corrected chi connectivity index (χ4v) is 4.65. The lowest BCUT2D eigenvalue weighted by Crippen LogP contribution is -2.25. The molecule has 2 aliphatic rings. The van der Waals surface area contributed by atoms with E-state index in [1.807, 2.05) is 24.0 Å². The van der Waals surface area contributed by atoms with Crippen molar-refractivity contribution in [3.63, 3.8) is 0 Å². The molecule has 2 fully saturated rings. The van der Waals surface area contributed by atoms with Crippen molar-refractivity contribution in [3.05, 3.63) is 24.2 Å². The first kappa shape index (κ1) is 12.7. The molecule has 0 spiro atoms. The van der Waals surface area contributed by atoms with Gasteiger partial charge in [0.2, 0.25) is 0 Å². The van der Waals surface area contributed by atoms with Crippen molar-refractivity contribution in [2.24, 2.45) is 0 Å². The van der Waals surface area contributed by atoms with Crippen LogP contribution in [0.15, 0.2) is 18.3 Å². The molecule has 4 rings (SSSR count). The van der Waals surface area contributed by atoms with Gasteiger partial charge in [-0.2, -0.15) is 0 Å². The predicted octanol–water partition coefficient (Wildman–Crippen LogP) is 2.75. The van der Waals surface area contributed by atoms with Crippen LogP contribution in [0.2, 0.25) is 0 Å². The lowest BCUT2D eigenvalue weighted by molar-refractivity contribution is 0.548. The van der Waals surface area contributed by atoms with Crippen molar-refractivity contribution in [2.75, 3.05) is 12.3 Å². The topological polar surface area (TPSA) is 42.7 Å². The number of thioether (sulfide) groups is 1. The minimum absolute atomic E-state index is 0.534. The van der Waals surface area contributed by atoms with Crippen LogP contribution in [0, 0.1) is 0 Å². The second kappa shape index (κ2) is 5.37. The smallest absolute Gasteiger partial charge is 0.160 e. The molecule has 0 aromatic carbocycles. The third-order valence-electron chi connectivity index (χ3n) is 4.31. The molecule has 0 aliphatic carbocycles. The molecule has 106 valence electrons. The average Bonchev–Trinajstić information content (AvgIpc) is 3.18. The van der Waals surface area contributed by atoms with Crippen LogP contribution < -0.4 is 5.32 Å². The van der Waals surface area contributed by atoms with Crippen molar-refractivity contribution >= 4 is 22.9 Å². The highest BCUT2D eigenvalue weighted by Gasteiger charge is 2.25. The van der Waals surface area contributed by atoms with Gasteiger partial charge in [-0.25, -0.2) is 9.97 Å². The summed E-state index contributed by atoms with van der Waals surface area (Å²) >= 11 is 2.05. The molecule has 2 unspecified atom stereocenters. The fraction of sp³-hybridized carbons (Fsp3) is 0.600. The van der Waals surface area contributed by atoms with E-state index in [0.717, 1.165) is 24.1 Å². The zero-order valence-corrected chi connectivity index (χ0v) is 12.4. The van der Waals surface area contributed by atoms with E-state index in [4.69, 9.17) is 4.98 Å². The molecule has 0 bridgehead atoms. The van der Waals surface area contributed by atoms with Gasteiger partial charge in [0, 0.05) is 18.7 Å². The van der Waals surface area contributed by atoms with E-state index in [1.54, 1.807) is 0 Å². The predicted molar refractivity (Wildman–Crippen MR) is 83.0 cm³/mol. The average molecular weight is 288 g/mol. The minimum Gasteiger partial charge on any atom is -0.314 e. The van der Waals surface area contributed by atoms with Gasteiger partial charge >= 0.3 is 0 Å². The van der Waals surface area contributed by atoms with Crippen LogP contribution >= 0.6 is 11.8 Å². The first-order valence-corrected chi connectivity index (χ1v) is 8.63. The van der Waals surface area contributed by atoms with Crippen molar-refractivity contribution < 1.29 is 0 Å². The number of pyridine rings is 1. The number of nitrogens with zero attached hydrogens (tertiary/aromatic N) is 3. The summed E-state index contributed by atoms with van der Waals surface area (Å²) in [5.41, 5.74) is 2.12. The number of fused-ring (bicyclic) bond motifs is 1. The van der Waals surface area contributed by atoms with Gasteiger partial charge in [0.1, 0.15) is 11.3 Å². The van der Waals surface area contributed by atoms with E-state index in [1.165, 1.54) is 37.3 Å². The Morgan fingerprint density at radius 3 is 3.15 bits per heavy atom. The molecule has 0 saturated carbocycles. The van der Waals surface area contributed by atoms with E-state index >= 15 is 0 Å². The highest BCUT2D eigenvalue weighted by molar-refractivity contribution is 7.99. The summed E-state index contributed by atoms with van der Waals surface area (Å²) in [5.74, 6) is 2.48. The Bertz CT molecular complexity index is 597. The second-order valence-corrected chi connectivity index (χ2v) is 6.99. The maximum Gasteiger partial charge on any atom is 0.160 e. The van der Waals surface area contributed by atoms with Crippen LogP contribution in [0.4, 0.5) is 0 Å². The summed E-state index contributed by atoms with van der Waals surface area (Å²) in [6, 6.07) is 4.67. The number of hydrogen-bond donors (Lipinski definition) is 1. The summed E-state index contributed by atoms with van der Waals surface area (Å²) in [6.45, 7) is 1.15. The van der Waals surface area contributed by atoms with E-state index in [0.29, 0.717) is 11.4 Å². The van der Waals surface area contributed by atoms with Gasteiger partial charge in [0.05, 0.1) is 5.37 Å². The van der Waals surface area contributed by atoms with Crippen LogP contribution in [0.25, 0.3) is 11.2 Å². The van der Waals surface area contributed by atoms with Crippen LogP contribution in [-0.4, -0.2) is 32.9 Å².